The van der Waals surface area contributed by atoms with Gasteiger partial charge in [-0.25, -0.2) is 6.57 Å². The van der Waals surface area contributed by atoms with Crippen LogP contribution >= 0.6 is 13.5 Å². The Bertz CT molecular complexity index is 1530. The molecule has 6 rings (SSSR count). The van der Waals surface area contributed by atoms with E-state index in [0.29, 0.717) is 50.4 Å². The molecule has 10 heteroatoms. The second kappa shape index (κ2) is 13.2. The van der Waals surface area contributed by atoms with Crippen LogP contribution in [0.1, 0.15) is 31.0 Å². The van der Waals surface area contributed by atoms with Crippen LogP contribution in [0.2, 0.25) is 0 Å². The molecule has 0 saturated carbocycles. The summed E-state index contributed by atoms with van der Waals surface area (Å²) in [5, 5.41) is 2.46. The molecule has 1 aromatic heterocycles. The van der Waals surface area contributed by atoms with Crippen molar-refractivity contribution >= 4 is 41.7 Å². The number of fused-ring (bicyclic) bond motifs is 2. The Morgan fingerprint density at radius 3 is 2.65 bits per heavy atom. The molecule has 9 nitrogen and oxygen atoms in total. The van der Waals surface area contributed by atoms with Crippen molar-refractivity contribution in [3.05, 3.63) is 77.3 Å². The molecule has 0 bridgehead atoms. The van der Waals surface area contributed by atoms with Gasteiger partial charge in [0.25, 0.3) is 0 Å². The molecule has 1 unspecified atom stereocenters. The highest BCUT2D eigenvalue weighted by atomic mass is 32.1. The van der Waals surface area contributed by atoms with Crippen molar-refractivity contribution in [2.45, 2.75) is 44.8 Å². The molecule has 0 N–H and O–H groups in total. The SMILES string of the molecule is S.[C-]#[N+]CC1CN(c2nc(OC[C@@H]3CCCN3C)nc3c2CCN(c2cccc4ccccc24)C3)CCN1C(=O)C(=C)C. The maximum absolute atomic E-state index is 12.9. The number of benzene rings is 2. The van der Waals surface area contributed by atoms with Gasteiger partial charge in [-0.1, -0.05) is 43.0 Å². The van der Waals surface area contributed by atoms with Crippen LogP contribution in [0.3, 0.4) is 0 Å². The van der Waals surface area contributed by atoms with Gasteiger partial charge < -0.3 is 29.2 Å². The van der Waals surface area contributed by atoms with Gasteiger partial charge in [-0.3, -0.25) is 4.79 Å². The predicted octanol–water partition coefficient (Wildman–Crippen LogP) is 4.29. The van der Waals surface area contributed by atoms with E-state index in [0.717, 1.165) is 43.0 Å². The minimum atomic E-state index is -0.224. The molecule has 1 amide bonds. The molecule has 226 valence electrons. The highest BCUT2D eigenvalue weighted by Gasteiger charge is 2.35. The van der Waals surface area contributed by atoms with Crippen molar-refractivity contribution < 1.29 is 9.53 Å². The third-order valence-electron chi connectivity index (χ3n) is 8.92. The highest BCUT2D eigenvalue weighted by Crippen LogP contribution is 2.35. The van der Waals surface area contributed by atoms with E-state index in [1.54, 1.807) is 11.8 Å². The average Bonchev–Trinajstić information content (AvgIpc) is 3.43. The van der Waals surface area contributed by atoms with Gasteiger partial charge in [0.15, 0.2) is 0 Å². The van der Waals surface area contributed by atoms with Crippen molar-refractivity contribution in [2.24, 2.45) is 0 Å². The van der Waals surface area contributed by atoms with Crippen LogP contribution in [0.5, 0.6) is 6.01 Å². The Morgan fingerprint density at radius 1 is 1.07 bits per heavy atom. The van der Waals surface area contributed by atoms with E-state index in [4.69, 9.17) is 21.3 Å². The summed E-state index contributed by atoms with van der Waals surface area (Å²) >= 11 is 0. The van der Waals surface area contributed by atoms with Crippen LogP contribution in [-0.4, -0.2) is 90.7 Å². The fourth-order valence-electron chi connectivity index (χ4n) is 6.59. The van der Waals surface area contributed by atoms with Gasteiger partial charge in [0.1, 0.15) is 18.5 Å². The zero-order chi connectivity index (χ0) is 29.2. The molecule has 43 heavy (non-hydrogen) atoms. The Kier molecular flexibility index (Phi) is 9.43. The monoisotopic (exact) mass is 599 g/mol. The third kappa shape index (κ3) is 6.29. The molecule has 2 aromatic carbocycles. The number of carbonyl (C=O) groups is 1. The minimum absolute atomic E-state index is 0. The number of amides is 1. The van der Waals surface area contributed by atoms with Crippen LogP contribution in [-0.2, 0) is 17.8 Å². The number of hydrogen-bond acceptors (Lipinski definition) is 7. The van der Waals surface area contributed by atoms with Crippen molar-refractivity contribution in [3.8, 4) is 6.01 Å². The normalized spacial score (nSPS) is 20.3. The first-order chi connectivity index (χ1) is 20.4. The molecule has 0 spiro atoms. The van der Waals surface area contributed by atoms with Gasteiger partial charge in [-0.05, 0) is 51.2 Å². The van der Waals surface area contributed by atoms with Gasteiger partial charge in [0.2, 0.25) is 12.5 Å². The van der Waals surface area contributed by atoms with Crippen molar-refractivity contribution in [2.75, 3.05) is 62.7 Å². The highest BCUT2D eigenvalue weighted by molar-refractivity contribution is 7.59. The minimum Gasteiger partial charge on any atom is -0.462 e. The number of rotatable bonds is 7. The molecule has 0 aliphatic carbocycles. The lowest BCUT2D eigenvalue weighted by molar-refractivity contribution is -0.129. The molecular formula is C33H41N7O2S. The maximum Gasteiger partial charge on any atom is 0.318 e. The summed E-state index contributed by atoms with van der Waals surface area (Å²) in [7, 11) is 2.14. The summed E-state index contributed by atoms with van der Waals surface area (Å²) in [6.45, 7) is 18.2. The smallest absolute Gasteiger partial charge is 0.318 e. The maximum atomic E-state index is 12.9. The van der Waals surface area contributed by atoms with E-state index in [9.17, 15) is 4.79 Å². The number of anilines is 2. The molecule has 3 aromatic rings. The summed E-state index contributed by atoms with van der Waals surface area (Å²) in [4.78, 5) is 35.3. The van der Waals surface area contributed by atoms with E-state index in [1.807, 2.05) is 0 Å². The molecule has 4 heterocycles. The van der Waals surface area contributed by atoms with Crippen molar-refractivity contribution in [3.63, 3.8) is 0 Å². The molecule has 3 aliphatic rings. The van der Waals surface area contributed by atoms with Crippen LogP contribution in [0.4, 0.5) is 11.5 Å². The van der Waals surface area contributed by atoms with Gasteiger partial charge >= 0.3 is 6.01 Å². The first-order valence-electron chi connectivity index (χ1n) is 14.9. The lowest BCUT2D eigenvalue weighted by atomic mass is 10.0. The van der Waals surface area contributed by atoms with E-state index in [1.165, 1.54) is 22.9 Å². The standard InChI is InChI=1S/C33H39N7O2.H2S/c1-23(2)32(41)40-18-17-39(20-26(40)19-34-3)31-28-14-16-38(30-13-7-10-24-9-5-6-12-27(24)30)21-29(28)35-33(36-31)42-22-25-11-8-15-37(25)4;/h5-7,9-10,12-13,25-26H,1,8,11,14-22H2,2,4H3;1H2/t25-,26?;/m0./s1. The Balaban J connectivity index is 0.00000368. The Hall–Kier alpha value is -3.81. The lowest BCUT2D eigenvalue weighted by Gasteiger charge is -2.41. The van der Waals surface area contributed by atoms with E-state index in [-0.39, 0.29) is 32.0 Å². The number of carbonyl (C=O) groups excluding carboxylic acids is 1. The second-order valence-corrected chi connectivity index (χ2v) is 11.7. The number of hydrogen-bond donors (Lipinski definition) is 0. The molecule has 2 fully saturated rings. The number of nitrogens with zero attached hydrogens (tertiary/aromatic N) is 7. The predicted molar refractivity (Wildman–Crippen MR) is 176 cm³/mol. The fraction of sp³-hybridized carbons (Fsp3) is 0.455. The van der Waals surface area contributed by atoms with Gasteiger partial charge in [0.05, 0.1) is 12.2 Å². The number of likely N-dealkylation sites (N-methyl/N-ethyl adjacent to an activating group) is 1. The van der Waals surface area contributed by atoms with Crippen LogP contribution < -0.4 is 14.5 Å². The van der Waals surface area contributed by atoms with Crippen LogP contribution in [0, 0.1) is 6.57 Å². The molecular weight excluding hydrogens is 558 g/mol. The summed E-state index contributed by atoms with van der Waals surface area (Å²) in [5.41, 5.74) is 3.83. The van der Waals surface area contributed by atoms with Gasteiger partial charge in [0, 0.05) is 54.4 Å². The van der Waals surface area contributed by atoms with Crippen molar-refractivity contribution in [1.29, 1.82) is 0 Å². The molecule has 3 aliphatic heterocycles. The van der Waals surface area contributed by atoms with Crippen LogP contribution in [0.25, 0.3) is 15.6 Å². The van der Waals surface area contributed by atoms with Gasteiger partial charge in [-0.2, -0.15) is 23.5 Å². The summed E-state index contributed by atoms with van der Waals surface area (Å²) in [6, 6.07) is 15.5. The summed E-state index contributed by atoms with van der Waals surface area (Å²) < 4.78 is 6.30. The molecule has 2 atom stereocenters. The summed E-state index contributed by atoms with van der Waals surface area (Å²) in [5.74, 6) is 0.799. The molecule has 0 radical (unpaired) electrons. The molecule has 2 saturated heterocycles. The first-order valence-corrected chi connectivity index (χ1v) is 14.9. The Morgan fingerprint density at radius 2 is 1.88 bits per heavy atom. The first kappa shape index (κ1) is 30.6. The number of piperazine rings is 1. The zero-order valence-corrected chi connectivity index (χ0v) is 26.1. The van der Waals surface area contributed by atoms with Crippen molar-refractivity contribution in [1.82, 2.24) is 19.8 Å². The largest absolute Gasteiger partial charge is 0.462 e. The van der Waals surface area contributed by atoms with Crippen LogP contribution in [0.15, 0.2) is 54.6 Å². The Labute approximate surface area is 261 Å². The third-order valence-corrected chi connectivity index (χ3v) is 8.92. The van der Waals surface area contributed by atoms with Gasteiger partial charge in [-0.15, -0.1) is 0 Å². The second-order valence-electron chi connectivity index (χ2n) is 11.7. The van der Waals surface area contributed by atoms with E-state index >= 15 is 0 Å². The lowest BCUT2D eigenvalue weighted by Crippen LogP contribution is -2.57. The average molecular weight is 600 g/mol. The zero-order valence-electron chi connectivity index (χ0n) is 25.1. The topological polar surface area (TPSA) is 69.4 Å². The van der Waals surface area contributed by atoms with E-state index in [2.05, 4.69) is 75.6 Å². The number of ether oxygens (including phenoxy) is 1. The number of aromatic nitrogens is 2. The summed E-state index contributed by atoms with van der Waals surface area (Å²) in [6.07, 6.45) is 3.09. The number of likely N-dealkylation sites (tertiary alicyclic amines) is 1. The fourth-order valence-corrected chi connectivity index (χ4v) is 6.59. The quantitative estimate of drug-likeness (QED) is 0.297. The van der Waals surface area contributed by atoms with E-state index < -0.39 is 0 Å².